The molecule has 2 saturated heterocycles. The van der Waals surface area contributed by atoms with E-state index in [2.05, 4.69) is 56.8 Å². The normalized spacial score (nSPS) is 19.7. The zero-order valence-electron chi connectivity index (χ0n) is 19.8. The molecule has 5 nitrogen and oxygen atoms in total. The monoisotopic (exact) mass is 432 g/mol. The van der Waals surface area contributed by atoms with E-state index >= 15 is 0 Å². The van der Waals surface area contributed by atoms with Crippen LogP contribution < -0.4 is 5.46 Å². The second-order valence-electron chi connectivity index (χ2n) is 9.78. The van der Waals surface area contributed by atoms with Gasteiger partial charge in [-0.15, -0.1) is 0 Å². The number of hydrogen-bond donors (Lipinski definition) is 1. The van der Waals surface area contributed by atoms with Gasteiger partial charge in [0.05, 0.1) is 16.9 Å². The Morgan fingerprint density at radius 2 is 1.56 bits per heavy atom. The Labute approximate surface area is 191 Å². The summed E-state index contributed by atoms with van der Waals surface area (Å²) < 4.78 is 12.4. The van der Waals surface area contributed by atoms with Crippen LogP contribution in [0, 0.1) is 0 Å². The summed E-state index contributed by atoms with van der Waals surface area (Å²) in [6.45, 7) is 10.9. The molecule has 1 N–H and O–H groups in total. The summed E-state index contributed by atoms with van der Waals surface area (Å²) in [7, 11) is 1.76. The van der Waals surface area contributed by atoms with Crippen molar-refractivity contribution >= 4 is 23.4 Å². The number of phenolic OH excluding ortho intramolecular Hbond substituents is 1. The van der Waals surface area contributed by atoms with Crippen molar-refractivity contribution in [2.24, 2.45) is 0 Å². The molecule has 0 bridgehead atoms. The largest absolute Gasteiger partial charge is 0.508 e. The van der Waals surface area contributed by atoms with Gasteiger partial charge < -0.3 is 19.3 Å². The highest BCUT2D eigenvalue weighted by atomic mass is 16.7. The van der Waals surface area contributed by atoms with E-state index in [9.17, 15) is 5.11 Å². The minimum Gasteiger partial charge on any atom is -0.508 e. The Hall–Kier alpha value is -2.41. The van der Waals surface area contributed by atoms with Crippen molar-refractivity contribution in [2.45, 2.75) is 51.7 Å². The van der Waals surface area contributed by atoms with Crippen LogP contribution in [0.4, 0.5) is 0 Å². The zero-order chi connectivity index (χ0) is 22.9. The third-order valence-electron chi connectivity index (χ3n) is 6.80. The van der Waals surface area contributed by atoms with Crippen LogP contribution >= 0.6 is 0 Å². The quantitative estimate of drug-likeness (QED) is 0.599. The fourth-order valence-corrected chi connectivity index (χ4v) is 4.04. The van der Waals surface area contributed by atoms with Crippen molar-refractivity contribution in [1.29, 1.82) is 0 Å². The second-order valence-corrected chi connectivity index (χ2v) is 9.78. The van der Waals surface area contributed by atoms with Gasteiger partial charge in [-0.3, -0.25) is 4.98 Å². The smallest absolute Gasteiger partial charge is 0.495 e. The molecule has 3 aromatic rings. The Bertz CT molecular complexity index is 1060. The first-order valence-electron chi connectivity index (χ1n) is 11.4. The summed E-state index contributed by atoms with van der Waals surface area (Å²) >= 11 is 0. The van der Waals surface area contributed by atoms with Crippen molar-refractivity contribution in [3.05, 3.63) is 54.7 Å². The number of aromatic hydroxyl groups is 1. The van der Waals surface area contributed by atoms with Gasteiger partial charge in [-0.05, 0) is 107 Å². The van der Waals surface area contributed by atoms with Crippen LogP contribution in [0.2, 0.25) is 0 Å². The molecule has 2 aliphatic heterocycles. The number of likely N-dealkylation sites (tertiary alicyclic amines) is 1. The lowest BCUT2D eigenvalue weighted by Crippen LogP contribution is -2.41. The predicted molar refractivity (Wildman–Crippen MR) is 131 cm³/mol. The summed E-state index contributed by atoms with van der Waals surface area (Å²) in [5.41, 5.74) is 2.07. The molecule has 168 valence electrons. The first-order chi connectivity index (χ1) is 15.2. The fraction of sp³-hybridized carbons (Fsp3) is 0.423. The molecule has 0 spiro atoms. The van der Waals surface area contributed by atoms with Crippen molar-refractivity contribution in [3.8, 4) is 17.0 Å². The molecule has 6 heteroatoms. The number of nitrogens with zero attached hydrogens (tertiary/aromatic N) is 2. The molecular formula is C26H33BN2O3. The van der Waals surface area contributed by atoms with E-state index in [1.54, 1.807) is 12.1 Å². The van der Waals surface area contributed by atoms with Gasteiger partial charge in [0.2, 0.25) is 0 Å². The Kier molecular flexibility index (Phi) is 6.30. The van der Waals surface area contributed by atoms with Crippen molar-refractivity contribution < 1.29 is 14.4 Å². The molecule has 0 unspecified atom stereocenters. The predicted octanol–water partition coefficient (Wildman–Crippen LogP) is 4.62. The summed E-state index contributed by atoms with van der Waals surface area (Å²) in [5.74, 6) is 0.248. The molecule has 5 rings (SSSR count). The maximum absolute atomic E-state index is 9.47. The Balaban J connectivity index is 0.000000354. The van der Waals surface area contributed by atoms with Crippen LogP contribution in [0.15, 0.2) is 54.7 Å². The van der Waals surface area contributed by atoms with Gasteiger partial charge in [0.25, 0.3) is 0 Å². The lowest BCUT2D eigenvalue weighted by molar-refractivity contribution is 0.00578. The minimum atomic E-state index is -0.412. The average molecular weight is 432 g/mol. The van der Waals surface area contributed by atoms with Crippen LogP contribution in [0.3, 0.4) is 0 Å². The van der Waals surface area contributed by atoms with Crippen LogP contribution in [-0.2, 0) is 9.31 Å². The molecular weight excluding hydrogens is 399 g/mol. The van der Waals surface area contributed by atoms with E-state index < -0.39 is 7.12 Å². The van der Waals surface area contributed by atoms with Gasteiger partial charge in [-0.2, -0.15) is 0 Å². The van der Waals surface area contributed by atoms with E-state index in [0.717, 1.165) is 27.5 Å². The molecule has 0 amide bonds. The zero-order valence-corrected chi connectivity index (χ0v) is 19.8. The van der Waals surface area contributed by atoms with Gasteiger partial charge in [0.1, 0.15) is 5.75 Å². The highest BCUT2D eigenvalue weighted by Crippen LogP contribution is 2.37. The number of pyridine rings is 1. The highest BCUT2D eigenvalue weighted by molar-refractivity contribution is 6.65. The fourth-order valence-electron chi connectivity index (χ4n) is 4.04. The molecule has 0 atom stereocenters. The number of fused-ring (bicyclic) bond motifs is 1. The first-order valence-corrected chi connectivity index (χ1v) is 11.4. The standard InChI is InChI=1S/C21H22BNO3.C5H11N/c1-20(2)21(3,4)26-22(25-20)18-7-5-6-15-12-19(23-13-17(15)18)14-8-10-16(24)11-9-14;1-6-4-2-3-5-6/h5-13,24H,1-4H3;2-5H2,1H3. The average Bonchev–Trinajstić information content (AvgIpc) is 3.31. The maximum atomic E-state index is 9.47. The number of rotatable bonds is 2. The minimum absolute atomic E-state index is 0.248. The SMILES string of the molecule is CC1(C)OB(c2cccc3cc(-c4ccc(O)cc4)ncc23)OC1(C)C.CN1CCCC1. The third-order valence-corrected chi connectivity index (χ3v) is 6.80. The Morgan fingerprint density at radius 1 is 0.938 bits per heavy atom. The number of phenols is 1. The van der Waals surface area contributed by atoms with Crippen LogP contribution in [-0.4, -0.2) is 53.4 Å². The third kappa shape index (κ3) is 4.68. The molecule has 2 aromatic carbocycles. The molecule has 3 heterocycles. The van der Waals surface area contributed by atoms with E-state index in [-0.39, 0.29) is 17.0 Å². The molecule has 2 fully saturated rings. The molecule has 2 aliphatic rings. The highest BCUT2D eigenvalue weighted by Gasteiger charge is 2.52. The van der Waals surface area contributed by atoms with Crippen LogP contribution in [0.1, 0.15) is 40.5 Å². The molecule has 32 heavy (non-hydrogen) atoms. The van der Waals surface area contributed by atoms with E-state index in [1.165, 1.54) is 25.9 Å². The second kappa shape index (κ2) is 8.85. The van der Waals surface area contributed by atoms with Crippen molar-refractivity contribution in [3.63, 3.8) is 0 Å². The summed E-state index contributed by atoms with van der Waals surface area (Å²) in [6.07, 6.45) is 4.70. The lowest BCUT2D eigenvalue weighted by atomic mass is 9.76. The number of benzene rings is 2. The molecule has 0 radical (unpaired) electrons. The lowest BCUT2D eigenvalue weighted by Gasteiger charge is -2.32. The summed E-state index contributed by atoms with van der Waals surface area (Å²) in [4.78, 5) is 6.98. The number of aromatic nitrogens is 1. The maximum Gasteiger partial charge on any atom is 0.495 e. The van der Waals surface area contributed by atoms with Crippen molar-refractivity contribution in [2.75, 3.05) is 20.1 Å². The van der Waals surface area contributed by atoms with E-state index in [1.807, 2.05) is 30.5 Å². The first kappa shape index (κ1) is 22.8. The van der Waals surface area contributed by atoms with E-state index in [4.69, 9.17) is 9.31 Å². The van der Waals surface area contributed by atoms with Gasteiger partial charge in [-0.25, -0.2) is 0 Å². The van der Waals surface area contributed by atoms with Crippen LogP contribution in [0.5, 0.6) is 5.75 Å². The molecule has 0 saturated carbocycles. The van der Waals surface area contributed by atoms with Gasteiger partial charge in [0, 0.05) is 11.8 Å². The van der Waals surface area contributed by atoms with Gasteiger partial charge in [-0.1, -0.05) is 18.2 Å². The van der Waals surface area contributed by atoms with E-state index in [0.29, 0.717) is 0 Å². The number of hydrogen-bond acceptors (Lipinski definition) is 5. The molecule has 0 aliphatic carbocycles. The topological polar surface area (TPSA) is 54.8 Å². The van der Waals surface area contributed by atoms with Gasteiger partial charge >= 0.3 is 7.12 Å². The molecule has 1 aromatic heterocycles. The Morgan fingerprint density at radius 3 is 2.12 bits per heavy atom. The van der Waals surface area contributed by atoms with Crippen LogP contribution in [0.25, 0.3) is 22.0 Å². The summed E-state index contributed by atoms with van der Waals surface area (Å²) in [6, 6.07) is 15.2. The summed E-state index contributed by atoms with van der Waals surface area (Å²) in [5, 5.41) is 11.6. The van der Waals surface area contributed by atoms with Gasteiger partial charge in [0.15, 0.2) is 0 Å². The van der Waals surface area contributed by atoms with Crippen molar-refractivity contribution in [1.82, 2.24) is 9.88 Å².